The van der Waals surface area contributed by atoms with Crippen molar-refractivity contribution in [3.8, 4) is 45.5 Å². The molecule has 0 aromatic heterocycles. The second-order valence-electron chi connectivity index (χ2n) is 9.93. The van der Waals surface area contributed by atoms with Crippen LogP contribution in [0.5, 0.6) is 0 Å². The Bertz CT molecular complexity index is 1870. The summed E-state index contributed by atoms with van der Waals surface area (Å²) < 4.78 is 0. The fraction of sp³-hybridized carbons (Fsp3) is 0.0556. The van der Waals surface area contributed by atoms with E-state index in [1.165, 1.54) is 38.6 Å². The molecule has 5 aromatic carbocycles. The van der Waals surface area contributed by atoms with E-state index < -0.39 is 0 Å². The molecule has 0 saturated carbocycles. The van der Waals surface area contributed by atoms with E-state index >= 15 is 0 Å². The lowest BCUT2D eigenvalue weighted by Crippen LogP contribution is -2.17. The van der Waals surface area contributed by atoms with Gasteiger partial charge in [0.1, 0.15) is 0 Å². The molecular formula is C36H23N3. The quantitative estimate of drug-likeness (QED) is 0.244. The average Bonchev–Trinajstić information content (AvgIpc) is 3.33. The van der Waals surface area contributed by atoms with Crippen molar-refractivity contribution in [2.45, 2.75) is 12.8 Å². The van der Waals surface area contributed by atoms with Crippen molar-refractivity contribution in [1.29, 1.82) is 10.5 Å². The molecule has 3 heteroatoms. The van der Waals surface area contributed by atoms with E-state index in [1.807, 2.05) is 12.1 Å². The Morgan fingerprint density at radius 3 is 1.95 bits per heavy atom. The second kappa shape index (κ2) is 9.18. The Kier molecular flexibility index (Phi) is 5.36. The highest BCUT2D eigenvalue weighted by Crippen LogP contribution is 2.49. The minimum Gasteiger partial charge on any atom is -0.314 e. The summed E-state index contributed by atoms with van der Waals surface area (Å²) >= 11 is 0. The maximum absolute atomic E-state index is 9.59. The first-order chi connectivity index (χ1) is 19.2. The van der Waals surface area contributed by atoms with E-state index in [2.05, 4.69) is 114 Å². The van der Waals surface area contributed by atoms with Crippen LogP contribution in [0.4, 0.5) is 11.4 Å². The van der Waals surface area contributed by atoms with E-state index in [0.717, 1.165) is 35.5 Å². The van der Waals surface area contributed by atoms with Gasteiger partial charge in [-0.1, -0.05) is 78.9 Å². The third-order valence-corrected chi connectivity index (χ3v) is 7.70. The van der Waals surface area contributed by atoms with Gasteiger partial charge in [0.2, 0.25) is 0 Å². The highest BCUT2D eigenvalue weighted by molar-refractivity contribution is 6.18. The van der Waals surface area contributed by atoms with Crippen molar-refractivity contribution >= 4 is 22.1 Å². The fourth-order valence-electron chi connectivity index (χ4n) is 5.98. The highest BCUT2D eigenvalue weighted by Gasteiger charge is 2.22. The van der Waals surface area contributed by atoms with Crippen molar-refractivity contribution in [3.05, 3.63) is 132 Å². The van der Waals surface area contributed by atoms with Crippen LogP contribution in [0.1, 0.15) is 24.0 Å². The molecule has 2 aliphatic carbocycles. The number of hydrogen-bond donors (Lipinski definition) is 0. The molecule has 0 heterocycles. The number of fused-ring (bicyclic) bond motifs is 3. The Hall–Kier alpha value is -5.38. The van der Waals surface area contributed by atoms with E-state index in [4.69, 9.17) is 0 Å². The molecule has 0 N–H and O–H groups in total. The number of anilines is 2. The lowest BCUT2D eigenvalue weighted by atomic mass is 9.94. The number of rotatable bonds is 4. The average molecular weight is 498 g/mol. The van der Waals surface area contributed by atoms with Crippen molar-refractivity contribution in [2.24, 2.45) is 0 Å². The zero-order chi connectivity index (χ0) is 26.3. The summed E-state index contributed by atoms with van der Waals surface area (Å²) in [6, 6.07) is 38.1. The molecule has 182 valence electrons. The first-order valence-corrected chi connectivity index (χ1v) is 13.1. The Labute approximate surface area is 227 Å². The predicted molar refractivity (Wildman–Crippen MR) is 158 cm³/mol. The summed E-state index contributed by atoms with van der Waals surface area (Å²) in [7, 11) is 0. The molecule has 39 heavy (non-hydrogen) atoms. The van der Waals surface area contributed by atoms with Gasteiger partial charge in [0.05, 0.1) is 23.3 Å². The minimum absolute atomic E-state index is 0.478. The van der Waals surface area contributed by atoms with Crippen LogP contribution in [-0.4, -0.2) is 0 Å². The van der Waals surface area contributed by atoms with Crippen LogP contribution in [0.25, 0.3) is 44.2 Å². The zero-order valence-electron chi connectivity index (χ0n) is 21.2. The maximum atomic E-state index is 9.59. The highest BCUT2D eigenvalue weighted by atomic mass is 15.1. The molecule has 7 rings (SSSR count). The molecule has 0 fully saturated rings. The topological polar surface area (TPSA) is 50.8 Å². The van der Waals surface area contributed by atoms with E-state index in [9.17, 15) is 10.5 Å². The van der Waals surface area contributed by atoms with Crippen molar-refractivity contribution < 1.29 is 0 Å². The van der Waals surface area contributed by atoms with Crippen molar-refractivity contribution in [2.75, 3.05) is 4.90 Å². The van der Waals surface area contributed by atoms with Gasteiger partial charge in [0, 0.05) is 17.1 Å². The van der Waals surface area contributed by atoms with Gasteiger partial charge in [-0.3, -0.25) is 0 Å². The van der Waals surface area contributed by atoms with Gasteiger partial charge in [-0.25, -0.2) is 0 Å². The maximum Gasteiger partial charge on any atom is 0.0992 e. The van der Waals surface area contributed by atoms with E-state index in [0.29, 0.717) is 11.1 Å². The lowest BCUT2D eigenvalue weighted by molar-refractivity contribution is 0.917. The summed E-state index contributed by atoms with van der Waals surface area (Å²) in [6.07, 6.45) is 8.18. The Morgan fingerprint density at radius 2 is 1.28 bits per heavy atom. The first-order valence-electron chi connectivity index (χ1n) is 13.1. The van der Waals surface area contributed by atoms with Crippen LogP contribution in [0.2, 0.25) is 0 Å². The molecule has 0 bridgehead atoms. The third-order valence-electron chi connectivity index (χ3n) is 7.70. The molecule has 0 atom stereocenters. The van der Waals surface area contributed by atoms with Gasteiger partial charge in [0.25, 0.3) is 0 Å². The third kappa shape index (κ3) is 3.72. The molecule has 3 nitrogen and oxygen atoms in total. The number of nitriles is 2. The molecule has 0 radical (unpaired) electrons. The monoisotopic (exact) mass is 497 g/mol. The van der Waals surface area contributed by atoms with Crippen LogP contribution < -0.4 is 4.90 Å². The summed E-state index contributed by atoms with van der Waals surface area (Å²) in [6.45, 7) is 0. The molecule has 0 amide bonds. The van der Waals surface area contributed by atoms with Crippen LogP contribution in [-0.2, 0) is 0 Å². The molecule has 5 aromatic rings. The van der Waals surface area contributed by atoms with Gasteiger partial charge in [-0.05, 0) is 93.4 Å². The van der Waals surface area contributed by atoms with E-state index in [1.54, 1.807) is 6.07 Å². The molecule has 0 unspecified atom stereocenters. The van der Waals surface area contributed by atoms with Gasteiger partial charge in [-0.15, -0.1) is 0 Å². The van der Waals surface area contributed by atoms with E-state index in [-0.39, 0.29) is 0 Å². The largest absolute Gasteiger partial charge is 0.314 e. The van der Waals surface area contributed by atoms with Gasteiger partial charge in [-0.2, -0.15) is 10.5 Å². The minimum atomic E-state index is 0.478. The molecule has 0 spiro atoms. The second-order valence-corrected chi connectivity index (χ2v) is 9.93. The fourth-order valence-corrected chi connectivity index (χ4v) is 5.98. The number of allylic oxidation sites excluding steroid dienone is 4. The Balaban J connectivity index is 1.34. The predicted octanol–water partition coefficient (Wildman–Crippen LogP) is 9.27. The van der Waals surface area contributed by atoms with Crippen LogP contribution >= 0.6 is 0 Å². The number of nitrogens with zero attached hydrogens (tertiary/aromatic N) is 3. The SMILES string of the molecule is N#Cc1cc(C#N)cc(N(C2=CC=CCC2)c2ccc(-c3ccc4c5c(cccc35)-c3ccccc3-4)cc2)c1. The smallest absolute Gasteiger partial charge is 0.0992 e. The van der Waals surface area contributed by atoms with Crippen LogP contribution in [0.3, 0.4) is 0 Å². The summed E-state index contributed by atoms with van der Waals surface area (Å²) in [5.41, 5.74) is 11.5. The molecule has 0 aliphatic heterocycles. The first kappa shape index (κ1) is 22.8. The van der Waals surface area contributed by atoms with Crippen LogP contribution in [0, 0.1) is 22.7 Å². The zero-order valence-corrected chi connectivity index (χ0v) is 21.2. The standard InChI is InChI=1S/C36H23N3/c37-22-24-19-25(23-38)21-29(20-24)39(27-7-2-1-3-8-27)28-15-13-26(14-16-28)30-17-18-35-32-10-5-4-9-31(32)34-12-6-11-33(30)36(34)35/h1-2,4-7,9-21H,3,8H2. The molecular weight excluding hydrogens is 474 g/mol. The van der Waals surface area contributed by atoms with Gasteiger partial charge >= 0.3 is 0 Å². The lowest BCUT2D eigenvalue weighted by Gasteiger charge is -2.29. The molecule has 0 saturated heterocycles. The van der Waals surface area contributed by atoms with Crippen molar-refractivity contribution in [1.82, 2.24) is 0 Å². The Morgan fingerprint density at radius 1 is 0.615 bits per heavy atom. The summed E-state index contributed by atoms with van der Waals surface area (Å²) in [5.74, 6) is 0. The van der Waals surface area contributed by atoms with Crippen LogP contribution in [0.15, 0.2) is 121 Å². The summed E-state index contributed by atoms with van der Waals surface area (Å²) in [4.78, 5) is 2.17. The number of benzene rings is 5. The number of hydrogen-bond acceptors (Lipinski definition) is 3. The molecule has 2 aliphatic rings. The summed E-state index contributed by atoms with van der Waals surface area (Å²) in [5, 5.41) is 21.8. The van der Waals surface area contributed by atoms with Gasteiger partial charge < -0.3 is 4.90 Å². The van der Waals surface area contributed by atoms with Gasteiger partial charge in [0.15, 0.2) is 0 Å². The normalized spacial score (nSPS) is 12.9. The van der Waals surface area contributed by atoms with Crippen molar-refractivity contribution in [3.63, 3.8) is 0 Å².